The van der Waals surface area contributed by atoms with Gasteiger partial charge in [0.1, 0.15) is 0 Å². The van der Waals surface area contributed by atoms with Crippen LogP contribution >= 0.6 is 10.7 Å². The first-order chi connectivity index (χ1) is 8.50. The van der Waals surface area contributed by atoms with E-state index in [9.17, 15) is 13.2 Å². The fourth-order valence-electron chi connectivity index (χ4n) is 3.96. The van der Waals surface area contributed by atoms with Crippen LogP contribution in [0, 0.1) is 5.92 Å². The monoisotopic (exact) mass is 283 g/mol. The highest BCUT2D eigenvalue weighted by Crippen LogP contribution is 2.62. The number of benzene rings is 1. The minimum absolute atomic E-state index is 0.127. The van der Waals surface area contributed by atoms with Crippen LogP contribution in [0.25, 0.3) is 0 Å². The molecule has 94 valence electrons. The van der Waals surface area contributed by atoms with E-state index >= 15 is 0 Å². The number of amides is 1. The van der Waals surface area contributed by atoms with Crippen molar-refractivity contribution >= 4 is 25.8 Å². The third-order valence-electron chi connectivity index (χ3n) is 4.52. The first-order valence-corrected chi connectivity index (χ1v) is 8.13. The van der Waals surface area contributed by atoms with Gasteiger partial charge in [-0.2, -0.15) is 8.42 Å². The molecule has 0 radical (unpaired) electrons. The Kier molecular flexibility index (Phi) is 1.85. The van der Waals surface area contributed by atoms with Crippen molar-refractivity contribution in [2.45, 2.75) is 24.3 Å². The van der Waals surface area contributed by atoms with Gasteiger partial charge in [-0.05, 0) is 23.5 Å². The molecule has 6 heteroatoms. The van der Waals surface area contributed by atoms with Gasteiger partial charge in [0.2, 0.25) is 5.91 Å². The first-order valence-electron chi connectivity index (χ1n) is 5.87. The van der Waals surface area contributed by atoms with Crippen molar-refractivity contribution in [2.75, 3.05) is 0 Å². The first kappa shape index (κ1) is 10.8. The molecule has 18 heavy (non-hydrogen) atoms. The Labute approximate surface area is 109 Å². The summed E-state index contributed by atoms with van der Waals surface area (Å²) in [6.07, 6.45) is 0.864. The number of β-lactam (4-membered cyclic amide) rings is 1. The molecular weight excluding hydrogens is 274 g/mol. The minimum Gasteiger partial charge on any atom is -0.273 e. The third-order valence-corrected chi connectivity index (χ3v) is 5.86. The molecule has 3 aliphatic rings. The molecule has 0 spiro atoms. The Morgan fingerprint density at radius 1 is 1.17 bits per heavy atom. The SMILES string of the molecule is O=C1C2C3CC(c4ccccc43)C2N1S(=O)(=O)Cl. The van der Waals surface area contributed by atoms with E-state index in [1.807, 2.05) is 24.3 Å². The smallest absolute Gasteiger partial charge is 0.273 e. The Morgan fingerprint density at radius 2 is 1.78 bits per heavy atom. The van der Waals surface area contributed by atoms with Gasteiger partial charge in [0.05, 0.1) is 12.0 Å². The molecule has 1 aliphatic heterocycles. The Bertz CT molecular complexity index is 672. The summed E-state index contributed by atoms with van der Waals surface area (Å²) in [4.78, 5) is 12.0. The highest BCUT2D eigenvalue weighted by molar-refractivity contribution is 8.12. The van der Waals surface area contributed by atoms with Gasteiger partial charge >= 0.3 is 9.24 Å². The van der Waals surface area contributed by atoms with Crippen LogP contribution in [0.5, 0.6) is 0 Å². The van der Waals surface area contributed by atoms with Crippen LogP contribution in [-0.4, -0.2) is 24.7 Å². The molecule has 4 nitrogen and oxygen atoms in total. The summed E-state index contributed by atoms with van der Waals surface area (Å²) >= 11 is 0. The Morgan fingerprint density at radius 3 is 2.39 bits per heavy atom. The molecule has 1 saturated heterocycles. The van der Waals surface area contributed by atoms with Crippen LogP contribution in [0.15, 0.2) is 24.3 Å². The summed E-state index contributed by atoms with van der Waals surface area (Å²) in [6.45, 7) is 0. The normalized spacial score (nSPS) is 36.3. The minimum atomic E-state index is -3.94. The third kappa shape index (κ3) is 1.07. The molecule has 0 aromatic heterocycles. The lowest BCUT2D eigenvalue weighted by molar-refractivity contribution is -0.145. The molecule has 1 aromatic rings. The highest BCUT2D eigenvalue weighted by Gasteiger charge is 2.66. The van der Waals surface area contributed by atoms with Gasteiger partial charge in [-0.3, -0.25) is 4.79 Å². The molecular formula is C12H10ClNO3S. The lowest BCUT2D eigenvalue weighted by Crippen LogP contribution is -2.63. The van der Waals surface area contributed by atoms with Crippen molar-refractivity contribution in [3.63, 3.8) is 0 Å². The van der Waals surface area contributed by atoms with Gasteiger partial charge in [0, 0.05) is 16.6 Å². The second kappa shape index (κ2) is 3.08. The average molecular weight is 284 g/mol. The van der Waals surface area contributed by atoms with Crippen LogP contribution < -0.4 is 0 Å². The molecule has 2 fully saturated rings. The van der Waals surface area contributed by atoms with Crippen LogP contribution in [0.3, 0.4) is 0 Å². The fourth-order valence-corrected chi connectivity index (χ4v) is 5.34. The van der Waals surface area contributed by atoms with Gasteiger partial charge in [0.15, 0.2) is 0 Å². The number of hydrogen-bond donors (Lipinski definition) is 0. The summed E-state index contributed by atoms with van der Waals surface area (Å²) < 4.78 is 23.7. The van der Waals surface area contributed by atoms with Crippen LogP contribution in [0.2, 0.25) is 0 Å². The predicted molar refractivity (Wildman–Crippen MR) is 65.4 cm³/mol. The summed E-state index contributed by atoms with van der Waals surface area (Å²) in [7, 11) is 1.40. The lowest BCUT2D eigenvalue weighted by atomic mass is 9.75. The number of fused-ring (bicyclic) bond motifs is 8. The molecule has 0 N–H and O–H groups in total. The van der Waals surface area contributed by atoms with E-state index in [1.165, 1.54) is 11.1 Å². The lowest BCUT2D eigenvalue weighted by Gasteiger charge is -2.47. The van der Waals surface area contributed by atoms with E-state index in [-0.39, 0.29) is 29.7 Å². The molecule has 2 bridgehead atoms. The van der Waals surface area contributed by atoms with Gasteiger partial charge in [-0.15, -0.1) is 0 Å². The molecule has 1 aromatic carbocycles. The van der Waals surface area contributed by atoms with Crippen LogP contribution in [-0.2, 0) is 14.0 Å². The predicted octanol–water partition coefficient (Wildman–Crippen LogP) is 1.58. The Balaban J connectivity index is 1.84. The van der Waals surface area contributed by atoms with E-state index in [2.05, 4.69) is 0 Å². The number of nitrogens with zero attached hydrogens (tertiary/aromatic N) is 1. The Hall–Kier alpha value is -1.07. The molecule has 2 aliphatic carbocycles. The largest absolute Gasteiger partial charge is 0.324 e. The molecule has 1 heterocycles. The van der Waals surface area contributed by atoms with E-state index < -0.39 is 9.24 Å². The van der Waals surface area contributed by atoms with Gasteiger partial charge in [-0.25, -0.2) is 4.31 Å². The zero-order valence-corrected chi connectivity index (χ0v) is 10.9. The van der Waals surface area contributed by atoms with Crippen molar-refractivity contribution in [3.05, 3.63) is 35.4 Å². The number of hydrogen-bond acceptors (Lipinski definition) is 3. The van der Waals surface area contributed by atoms with Crippen molar-refractivity contribution in [1.29, 1.82) is 0 Å². The maximum atomic E-state index is 12.0. The van der Waals surface area contributed by atoms with Crippen LogP contribution in [0.4, 0.5) is 0 Å². The molecule has 1 saturated carbocycles. The fraction of sp³-hybridized carbons (Fsp3) is 0.417. The zero-order chi connectivity index (χ0) is 12.7. The summed E-state index contributed by atoms with van der Waals surface area (Å²) in [6, 6.07) is 7.74. The van der Waals surface area contributed by atoms with Crippen molar-refractivity contribution < 1.29 is 13.2 Å². The standard InChI is InChI=1S/C12H10ClNO3S/c13-18(16,17)14-11-9-5-8(10(11)12(14)15)6-3-1-2-4-7(6)9/h1-4,8-11H,5H2. The second-order valence-corrected chi connectivity index (χ2v) is 7.56. The number of halogens is 1. The maximum absolute atomic E-state index is 12.0. The average Bonchev–Trinajstić information content (AvgIpc) is 2.79. The second-order valence-electron chi connectivity index (χ2n) is 5.17. The van der Waals surface area contributed by atoms with Gasteiger partial charge in [0.25, 0.3) is 0 Å². The van der Waals surface area contributed by atoms with Gasteiger partial charge in [-0.1, -0.05) is 24.3 Å². The molecule has 4 atom stereocenters. The van der Waals surface area contributed by atoms with E-state index in [0.29, 0.717) is 0 Å². The van der Waals surface area contributed by atoms with Crippen molar-refractivity contribution in [3.8, 4) is 0 Å². The molecule has 4 rings (SSSR count). The maximum Gasteiger partial charge on any atom is 0.324 e. The zero-order valence-electron chi connectivity index (χ0n) is 9.28. The number of carbonyl (C=O) groups is 1. The molecule has 4 unspecified atom stereocenters. The van der Waals surface area contributed by atoms with Crippen molar-refractivity contribution in [1.82, 2.24) is 4.31 Å². The van der Waals surface area contributed by atoms with Crippen LogP contribution in [0.1, 0.15) is 29.4 Å². The van der Waals surface area contributed by atoms with E-state index in [1.54, 1.807) is 0 Å². The number of carbonyl (C=O) groups excluding carboxylic acids is 1. The molecule has 1 amide bonds. The highest BCUT2D eigenvalue weighted by atomic mass is 35.7. The van der Waals surface area contributed by atoms with E-state index in [4.69, 9.17) is 10.7 Å². The summed E-state index contributed by atoms with van der Waals surface area (Å²) in [5.74, 6) is -0.212. The topological polar surface area (TPSA) is 54.5 Å². The quantitative estimate of drug-likeness (QED) is 0.581. The van der Waals surface area contributed by atoms with E-state index in [0.717, 1.165) is 10.7 Å². The summed E-state index contributed by atoms with van der Waals surface area (Å²) in [5.41, 5.74) is 2.39. The van der Waals surface area contributed by atoms with Crippen molar-refractivity contribution in [2.24, 2.45) is 5.92 Å². The van der Waals surface area contributed by atoms with Gasteiger partial charge < -0.3 is 0 Å². The number of rotatable bonds is 1. The summed E-state index contributed by atoms with van der Waals surface area (Å²) in [5, 5.41) is 0.